The fraction of sp³-hybridized carbons (Fsp3) is 0.500. The molecular weight excluding hydrogens is 620 g/mol. The van der Waals surface area contributed by atoms with Crippen LogP contribution in [0.3, 0.4) is 0 Å². The average Bonchev–Trinajstić information content (AvgIpc) is 3.30. The van der Waals surface area contributed by atoms with Crippen LogP contribution in [0.4, 0.5) is 14.9 Å². The maximum Gasteiger partial charge on any atom is 0.345 e. The largest absolute Gasteiger partial charge is 0.497 e. The van der Waals surface area contributed by atoms with Gasteiger partial charge in [0.1, 0.15) is 35.1 Å². The lowest BCUT2D eigenvalue weighted by Crippen LogP contribution is -2.39. The Morgan fingerprint density at radius 2 is 1.79 bits per heavy atom. The minimum absolute atomic E-state index is 0.0764. The van der Waals surface area contributed by atoms with Crippen molar-refractivity contribution < 1.29 is 47.5 Å². The van der Waals surface area contributed by atoms with Crippen LogP contribution < -0.4 is 14.4 Å². The number of benzene rings is 2. The van der Waals surface area contributed by atoms with Crippen LogP contribution in [0.5, 0.6) is 11.5 Å². The molecular formula is C36H45BFNO9. The van der Waals surface area contributed by atoms with Crippen molar-refractivity contribution in [1.82, 2.24) is 0 Å². The summed E-state index contributed by atoms with van der Waals surface area (Å²) >= 11 is 0. The van der Waals surface area contributed by atoms with Gasteiger partial charge in [0.2, 0.25) is 13.6 Å². The fourth-order valence-electron chi connectivity index (χ4n) is 5.59. The van der Waals surface area contributed by atoms with E-state index in [9.17, 15) is 14.7 Å². The molecule has 5 atom stereocenters. The minimum atomic E-state index is -1.22. The number of rotatable bonds is 13. The highest BCUT2D eigenvalue weighted by atomic mass is 19.1. The van der Waals surface area contributed by atoms with Crippen molar-refractivity contribution in [2.75, 3.05) is 18.6 Å². The molecule has 4 rings (SSSR count). The molecule has 1 fully saturated rings. The van der Waals surface area contributed by atoms with Crippen LogP contribution in [0, 0.1) is 5.92 Å². The van der Waals surface area contributed by atoms with E-state index in [1.807, 2.05) is 12.1 Å². The first-order valence-electron chi connectivity index (χ1n) is 16.0. The van der Waals surface area contributed by atoms with Gasteiger partial charge in [-0.2, -0.15) is 0 Å². The highest BCUT2D eigenvalue weighted by Crippen LogP contribution is 2.39. The Morgan fingerprint density at radius 3 is 2.40 bits per heavy atom. The van der Waals surface area contributed by atoms with E-state index in [0.717, 1.165) is 5.56 Å². The van der Waals surface area contributed by atoms with Gasteiger partial charge >= 0.3 is 5.97 Å². The fourth-order valence-corrected chi connectivity index (χ4v) is 5.59. The highest BCUT2D eigenvalue weighted by Gasteiger charge is 2.47. The molecule has 2 aliphatic heterocycles. The maximum atomic E-state index is 16.0. The molecule has 2 aliphatic rings. The lowest BCUT2D eigenvalue weighted by atomic mass is 9.98. The number of carbonyl (C=O) groups is 2. The van der Waals surface area contributed by atoms with Crippen molar-refractivity contribution in [3.8, 4) is 11.5 Å². The Balaban J connectivity index is 1.66. The van der Waals surface area contributed by atoms with Crippen molar-refractivity contribution in [1.29, 1.82) is 0 Å². The van der Waals surface area contributed by atoms with Gasteiger partial charge in [-0.05, 0) is 69.5 Å². The molecule has 48 heavy (non-hydrogen) atoms. The number of halogens is 1. The van der Waals surface area contributed by atoms with E-state index in [1.165, 1.54) is 11.0 Å². The van der Waals surface area contributed by atoms with Gasteiger partial charge in [0.25, 0.3) is 0 Å². The second kappa shape index (κ2) is 15.2. The third kappa shape index (κ3) is 9.05. The summed E-state index contributed by atoms with van der Waals surface area (Å²) < 4.78 is 51.4. The second-order valence-corrected chi connectivity index (χ2v) is 12.9. The summed E-state index contributed by atoms with van der Waals surface area (Å²) in [6.07, 6.45) is 1.56. The molecule has 1 N–H and O–H groups in total. The van der Waals surface area contributed by atoms with Crippen molar-refractivity contribution in [3.05, 3.63) is 71.1 Å². The molecule has 0 unspecified atom stereocenters. The molecule has 2 radical (unpaired) electrons. The Bertz CT molecular complexity index is 1520. The predicted molar refractivity (Wildman–Crippen MR) is 180 cm³/mol. The van der Waals surface area contributed by atoms with Gasteiger partial charge in [-0.25, -0.2) is 9.18 Å². The van der Waals surface area contributed by atoms with Crippen molar-refractivity contribution in [2.24, 2.45) is 5.92 Å². The SMILES string of the molecule is [B]C(=O)N(CC)c1cc(C=CC[C@@H]2OC(C)(C)O[C@@H]2[C@H](OCc2ccc(OC)cc2)C(F)=C[C@@H](C)[C@H](C)O)c2c(c1)OC(C)(C)OC2=O. The number of ether oxygens (including phenoxy) is 6. The van der Waals surface area contributed by atoms with Gasteiger partial charge in [0.15, 0.2) is 11.6 Å². The number of aliphatic hydroxyl groups is 1. The number of fused-ring (bicyclic) bond motifs is 1. The van der Waals surface area contributed by atoms with Crippen molar-refractivity contribution in [3.63, 3.8) is 0 Å². The first-order valence-corrected chi connectivity index (χ1v) is 16.0. The van der Waals surface area contributed by atoms with E-state index >= 15 is 4.39 Å². The quantitative estimate of drug-likeness (QED) is 0.190. The van der Waals surface area contributed by atoms with Crippen LogP contribution in [-0.4, -0.2) is 74.4 Å². The zero-order valence-corrected chi connectivity index (χ0v) is 28.8. The number of cyclic esters (lactones) is 1. The zero-order valence-electron chi connectivity index (χ0n) is 28.8. The molecule has 1 saturated heterocycles. The zero-order chi connectivity index (χ0) is 35.4. The number of hydrogen-bond acceptors (Lipinski definition) is 9. The van der Waals surface area contributed by atoms with E-state index in [0.29, 0.717) is 23.5 Å². The molecule has 0 aromatic heterocycles. The first kappa shape index (κ1) is 37.1. The highest BCUT2D eigenvalue weighted by molar-refractivity contribution is 6.60. The molecule has 1 amide bonds. The number of carbonyl (C=O) groups excluding carboxylic acids is 2. The topological polar surface area (TPSA) is 113 Å². The number of nitrogens with zero attached hydrogens (tertiary/aromatic N) is 1. The monoisotopic (exact) mass is 665 g/mol. The minimum Gasteiger partial charge on any atom is -0.497 e. The smallest absolute Gasteiger partial charge is 0.345 e. The van der Waals surface area contributed by atoms with E-state index in [-0.39, 0.29) is 24.3 Å². The third-order valence-electron chi connectivity index (χ3n) is 8.14. The molecule has 10 nitrogen and oxygen atoms in total. The van der Waals surface area contributed by atoms with Crippen LogP contribution in [0.25, 0.3) is 6.08 Å². The summed E-state index contributed by atoms with van der Waals surface area (Å²) in [7, 11) is 7.20. The van der Waals surface area contributed by atoms with Crippen molar-refractivity contribution >= 4 is 31.4 Å². The number of esters is 1. The third-order valence-corrected chi connectivity index (χ3v) is 8.14. The number of anilines is 1. The van der Waals surface area contributed by atoms with Gasteiger partial charge in [-0.15, -0.1) is 0 Å². The van der Waals surface area contributed by atoms with Crippen LogP contribution in [-0.2, 0) is 25.6 Å². The lowest BCUT2D eigenvalue weighted by molar-refractivity contribution is -0.158. The Hall–Kier alpha value is -3.71. The molecule has 258 valence electrons. The first-order chi connectivity index (χ1) is 22.5. The molecule has 2 aromatic carbocycles. The Morgan fingerprint density at radius 1 is 1.10 bits per heavy atom. The molecule has 0 saturated carbocycles. The second-order valence-electron chi connectivity index (χ2n) is 12.9. The molecule has 0 bridgehead atoms. The Kier molecular flexibility index (Phi) is 11.8. The van der Waals surface area contributed by atoms with Crippen LogP contribution >= 0.6 is 0 Å². The summed E-state index contributed by atoms with van der Waals surface area (Å²) in [5.74, 6) is -3.67. The van der Waals surface area contributed by atoms with E-state index in [4.69, 9.17) is 36.3 Å². The van der Waals surface area contributed by atoms with Gasteiger partial charge in [-0.1, -0.05) is 31.2 Å². The molecule has 0 aliphatic carbocycles. The average molecular weight is 666 g/mol. The van der Waals surface area contributed by atoms with Gasteiger partial charge < -0.3 is 38.4 Å². The van der Waals surface area contributed by atoms with Gasteiger partial charge in [0.05, 0.1) is 25.9 Å². The van der Waals surface area contributed by atoms with Crippen LogP contribution in [0.15, 0.2) is 54.4 Å². The van der Waals surface area contributed by atoms with Crippen molar-refractivity contribution in [2.45, 2.75) is 97.5 Å². The summed E-state index contributed by atoms with van der Waals surface area (Å²) in [5, 5.41) is 10.1. The van der Waals surface area contributed by atoms with E-state index in [2.05, 4.69) is 0 Å². The maximum absolute atomic E-state index is 16.0. The normalized spacial score (nSPS) is 22.0. The summed E-state index contributed by atoms with van der Waals surface area (Å²) in [6, 6.07) is 10.5. The van der Waals surface area contributed by atoms with Crippen LogP contribution in [0.1, 0.15) is 76.4 Å². The van der Waals surface area contributed by atoms with E-state index in [1.54, 1.807) is 92.0 Å². The molecule has 12 heteroatoms. The molecule has 0 spiro atoms. The number of aliphatic hydroxyl groups excluding tert-OH is 1. The number of methoxy groups -OCH3 is 1. The standard InChI is InChI=1S/C36H45BFNO9/c1-9-39(34(37)42)25-18-24(30-29(19-25)46-36(6,7)48-33(30)41)11-10-12-28-32(47-35(4,5)45-28)31(27(38)17-21(2)22(3)40)44-20-23-13-15-26(43-8)16-14-23/h10-11,13-19,21-22,28,31-32,40H,9,12,20H2,1-8H3/t21-,22+,28+,31-,32+/m1/s1. The van der Waals surface area contributed by atoms with Crippen LogP contribution in [0.2, 0.25) is 0 Å². The molecule has 2 heterocycles. The lowest BCUT2D eigenvalue weighted by Gasteiger charge is -2.33. The summed E-state index contributed by atoms with van der Waals surface area (Å²) in [4.78, 5) is 26.7. The predicted octanol–water partition coefficient (Wildman–Crippen LogP) is 6.47. The summed E-state index contributed by atoms with van der Waals surface area (Å²) in [6.45, 7) is 12.2. The summed E-state index contributed by atoms with van der Waals surface area (Å²) in [5.41, 5.74) is 1.87. The Labute approximate surface area is 283 Å². The molecule has 2 aromatic rings. The van der Waals surface area contributed by atoms with E-state index < -0.39 is 59.5 Å². The number of amides is 1. The van der Waals surface area contributed by atoms with Gasteiger partial charge in [0, 0.05) is 38.1 Å². The number of hydrogen-bond donors (Lipinski definition) is 1. The van der Waals surface area contributed by atoms with Gasteiger partial charge in [-0.3, -0.25) is 4.79 Å².